The van der Waals surface area contributed by atoms with Crippen LogP contribution < -0.4 is 10.2 Å². The van der Waals surface area contributed by atoms with E-state index in [1.807, 2.05) is 18.2 Å². The molecule has 4 aromatic rings. The Labute approximate surface area is 312 Å². The van der Waals surface area contributed by atoms with Gasteiger partial charge in [0.2, 0.25) is 11.8 Å². The van der Waals surface area contributed by atoms with Crippen LogP contribution in [0, 0.1) is 0 Å². The fourth-order valence-corrected chi connectivity index (χ4v) is 8.92. The van der Waals surface area contributed by atoms with Crippen LogP contribution in [0.25, 0.3) is 22.4 Å². The number of carbonyl (C=O) groups is 4. The van der Waals surface area contributed by atoms with Crippen molar-refractivity contribution >= 4 is 35.0 Å². The molecule has 0 spiro atoms. The molecule has 2 aliphatic carbocycles. The maximum absolute atomic E-state index is 13.4. The topological polar surface area (TPSA) is 159 Å². The van der Waals surface area contributed by atoms with Gasteiger partial charge in [0.1, 0.15) is 11.7 Å². The highest BCUT2D eigenvalue weighted by atomic mass is 16.5. The van der Waals surface area contributed by atoms with Crippen LogP contribution in [-0.4, -0.2) is 85.6 Å². The minimum Gasteiger partial charge on any atom is -0.411 e. The van der Waals surface area contributed by atoms with Gasteiger partial charge in [-0.2, -0.15) is 5.10 Å². The van der Waals surface area contributed by atoms with Crippen molar-refractivity contribution in [2.75, 3.05) is 18.0 Å². The fraction of sp³-hybridized carbons (Fsp3) is 0.390. The van der Waals surface area contributed by atoms with Gasteiger partial charge in [-0.25, -0.2) is 0 Å². The van der Waals surface area contributed by atoms with E-state index in [4.69, 9.17) is 9.84 Å². The van der Waals surface area contributed by atoms with Gasteiger partial charge in [-0.1, -0.05) is 23.4 Å². The molecule has 5 heterocycles. The molecule has 0 radical (unpaired) electrons. The summed E-state index contributed by atoms with van der Waals surface area (Å²) in [7, 11) is 0. The average Bonchev–Trinajstić information content (AvgIpc) is 3.90. The maximum Gasteiger partial charge on any atom is 0.262 e. The van der Waals surface area contributed by atoms with E-state index in [0.717, 1.165) is 109 Å². The van der Waals surface area contributed by atoms with Crippen molar-refractivity contribution in [3.8, 4) is 22.4 Å². The first-order chi connectivity index (χ1) is 26.3. The summed E-state index contributed by atoms with van der Waals surface area (Å²) in [5, 5.41) is 20.4. The van der Waals surface area contributed by atoms with Crippen LogP contribution in [0.15, 0.2) is 72.3 Å². The van der Waals surface area contributed by atoms with Crippen molar-refractivity contribution in [2.45, 2.75) is 88.5 Å². The number of benzene rings is 2. The Morgan fingerprint density at radius 1 is 0.778 bits per heavy atom. The number of anilines is 1. The Bertz CT molecular complexity index is 2190. The lowest BCUT2D eigenvalue weighted by Crippen LogP contribution is -2.54. The zero-order valence-electron chi connectivity index (χ0n) is 29.8. The monoisotopic (exact) mass is 727 g/mol. The van der Waals surface area contributed by atoms with E-state index >= 15 is 0 Å². The van der Waals surface area contributed by atoms with Gasteiger partial charge in [-0.15, -0.1) is 0 Å². The number of aromatic nitrogens is 3. The predicted molar refractivity (Wildman–Crippen MR) is 198 cm³/mol. The third-order valence-electron chi connectivity index (χ3n) is 11.8. The summed E-state index contributed by atoms with van der Waals surface area (Å²) in [6.45, 7) is 1.51. The van der Waals surface area contributed by atoms with Gasteiger partial charge in [-0.3, -0.25) is 39.1 Å². The molecule has 4 amide bonds. The molecule has 9 rings (SSSR count). The molecule has 3 atom stereocenters. The van der Waals surface area contributed by atoms with Gasteiger partial charge in [0.25, 0.3) is 11.8 Å². The molecule has 276 valence electrons. The van der Waals surface area contributed by atoms with Gasteiger partial charge in [0.05, 0.1) is 35.1 Å². The van der Waals surface area contributed by atoms with E-state index in [9.17, 15) is 24.4 Å². The molecular formula is C41H41N7O6. The Balaban J connectivity index is 0.857. The zero-order chi connectivity index (χ0) is 36.9. The van der Waals surface area contributed by atoms with Gasteiger partial charge < -0.3 is 14.8 Å². The first kappa shape index (κ1) is 34.1. The zero-order valence-corrected chi connectivity index (χ0v) is 29.8. The maximum atomic E-state index is 13.4. The van der Waals surface area contributed by atoms with Crippen LogP contribution >= 0.6 is 0 Å². The molecule has 0 bridgehead atoms. The van der Waals surface area contributed by atoms with E-state index in [-0.39, 0.29) is 36.7 Å². The number of amides is 4. The second kappa shape index (κ2) is 13.9. The summed E-state index contributed by atoms with van der Waals surface area (Å²) in [6.07, 6.45) is 13.4. The lowest BCUT2D eigenvalue weighted by molar-refractivity contribution is -0.136. The first-order valence-corrected chi connectivity index (χ1v) is 18.9. The van der Waals surface area contributed by atoms with E-state index in [1.165, 1.54) is 5.56 Å². The number of hydrogen-bond acceptors (Lipinski definition) is 10. The van der Waals surface area contributed by atoms with Gasteiger partial charge in [-0.05, 0) is 99.2 Å². The molecule has 2 N–H and O–H groups in total. The number of nitrogens with one attached hydrogen (secondary N) is 1. The highest BCUT2D eigenvalue weighted by molar-refractivity contribution is 6.23. The number of hydrogen-bond donors (Lipinski definition) is 2. The largest absolute Gasteiger partial charge is 0.411 e. The number of oxime groups is 1. The van der Waals surface area contributed by atoms with Gasteiger partial charge in [0.15, 0.2) is 0 Å². The molecular weight excluding hydrogens is 686 g/mol. The van der Waals surface area contributed by atoms with Crippen molar-refractivity contribution < 1.29 is 29.1 Å². The fourth-order valence-electron chi connectivity index (χ4n) is 8.92. The highest BCUT2D eigenvalue weighted by Gasteiger charge is 2.45. The predicted octanol–water partition coefficient (Wildman–Crippen LogP) is 5.31. The Morgan fingerprint density at radius 2 is 1.57 bits per heavy atom. The number of ether oxygens (including phenoxy) is 1. The quantitative estimate of drug-likeness (QED) is 0.146. The Morgan fingerprint density at radius 3 is 2.37 bits per heavy atom. The second-order valence-electron chi connectivity index (χ2n) is 15.0. The smallest absolute Gasteiger partial charge is 0.262 e. The highest BCUT2D eigenvalue weighted by Crippen LogP contribution is 2.39. The number of pyridine rings is 1. The van der Waals surface area contributed by atoms with E-state index in [1.54, 1.807) is 24.5 Å². The molecule has 2 aromatic heterocycles. The second-order valence-corrected chi connectivity index (χ2v) is 15.0. The van der Waals surface area contributed by atoms with Crippen LogP contribution in [0.2, 0.25) is 0 Å². The minimum absolute atomic E-state index is 0.0885. The molecule has 2 aromatic carbocycles. The summed E-state index contributed by atoms with van der Waals surface area (Å²) >= 11 is 0. The van der Waals surface area contributed by atoms with Crippen LogP contribution in [0.5, 0.6) is 0 Å². The van der Waals surface area contributed by atoms with Crippen molar-refractivity contribution in [3.05, 3.63) is 89.4 Å². The van der Waals surface area contributed by atoms with Crippen molar-refractivity contribution in [2.24, 2.45) is 5.16 Å². The summed E-state index contributed by atoms with van der Waals surface area (Å²) in [6, 6.07) is 14.9. The number of aryl methyl sites for hydroxylation is 1. The van der Waals surface area contributed by atoms with Crippen LogP contribution in [-0.2, 0) is 20.7 Å². The molecule has 54 heavy (non-hydrogen) atoms. The van der Waals surface area contributed by atoms with Gasteiger partial charge >= 0.3 is 0 Å². The third kappa shape index (κ3) is 6.15. The standard InChI is InChI=1S/C41H41N7O6/c49-37-11-10-36(39(50)43-37)48-40(51)32-8-6-27(22-33(32)41(48)52)46-18-14-29(15-19-46)54-30-3-1-2-28(21-30)47-23-34(38(44-47)24-12-16-42-17-13-24)26-4-7-31-25(20-26)5-9-35(31)45-53/h4,6-8,12-13,16-17,20,22-23,28-30,36,53H,1-3,5,9-11,14-15,18-19,21H2,(H,43,49,50)/b45-35+/t28-,30+,36?/m1/s1. The number of fused-ring (bicyclic) bond motifs is 2. The lowest BCUT2D eigenvalue weighted by Gasteiger charge is -2.37. The number of rotatable bonds is 7. The van der Waals surface area contributed by atoms with Crippen molar-refractivity contribution in [1.82, 2.24) is 25.0 Å². The first-order valence-electron chi connectivity index (χ1n) is 18.9. The molecule has 2 saturated heterocycles. The SMILES string of the molecule is O=C1CCC(N2C(=O)c3ccc(N4CCC(O[C@H]5CCC[C@@H](n6cc(-c7ccc8c(c7)CC/C8=N\O)c(-c7ccncc7)n6)C5)CC4)cc3C2=O)C(=O)N1. The normalized spacial score (nSPS) is 23.9. The van der Waals surface area contributed by atoms with E-state index < -0.39 is 29.7 Å². The van der Waals surface area contributed by atoms with Crippen LogP contribution in [0.1, 0.15) is 95.7 Å². The number of imide groups is 2. The number of carbonyl (C=O) groups excluding carboxylic acids is 4. The molecule has 13 heteroatoms. The summed E-state index contributed by atoms with van der Waals surface area (Å²) in [5.41, 5.74) is 8.46. The molecule has 1 unspecified atom stereocenters. The van der Waals surface area contributed by atoms with Crippen molar-refractivity contribution in [3.63, 3.8) is 0 Å². The lowest BCUT2D eigenvalue weighted by atomic mass is 9.92. The van der Waals surface area contributed by atoms with Crippen LogP contribution in [0.3, 0.4) is 0 Å². The molecule has 3 fully saturated rings. The average molecular weight is 728 g/mol. The molecule has 5 aliphatic rings. The van der Waals surface area contributed by atoms with E-state index in [0.29, 0.717) is 5.56 Å². The Kier molecular flexibility index (Phi) is 8.80. The van der Waals surface area contributed by atoms with Crippen molar-refractivity contribution in [1.29, 1.82) is 0 Å². The van der Waals surface area contributed by atoms with E-state index in [2.05, 4.69) is 49.4 Å². The summed E-state index contributed by atoms with van der Waals surface area (Å²) in [5.74, 6) is -1.99. The van der Waals surface area contributed by atoms with Gasteiger partial charge in [0, 0.05) is 60.5 Å². The Hall–Kier alpha value is -5.69. The summed E-state index contributed by atoms with van der Waals surface area (Å²) in [4.78, 5) is 58.1. The molecule has 1 saturated carbocycles. The number of nitrogens with zero attached hydrogens (tertiary/aromatic N) is 6. The third-order valence-corrected chi connectivity index (χ3v) is 11.8. The minimum atomic E-state index is -0.980. The molecule has 3 aliphatic heterocycles. The van der Waals surface area contributed by atoms with Crippen LogP contribution in [0.4, 0.5) is 5.69 Å². The number of piperidine rings is 2. The summed E-state index contributed by atoms with van der Waals surface area (Å²) < 4.78 is 8.91. The molecule has 13 nitrogen and oxygen atoms in total.